The first kappa shape index (κ1) is 12.9. The molecular weight excluding hydrogens is 248 g/mol. The lowest BCUT2D eigenvalue weighted by Crippen LogP contribution is -2.08. The van der Waals surface area contributed by atoms with E-state index >= 15 is 0 Å². The van der Waals surface area contributed by atoms with Crippen molar-refractivity contribution in [2.45, 2.75) is 6.61 Å². The molecule has 2 aromatic rings. The summed E-state index contributed by atoms with van der Waals surface area (Å²) in [7, 11) is 3.88. The van der Waals surface area contributed by atoms with Crippen molar-refractivity contribution in [3.63, 3.8) is 0 Å². The Labute approximate surface area is 110 Å². The molecule has 0 unspecified atom stereocenters. The molecule has 0 aliphatic heterocycles. The van der Waals surface area contributed by atoms with E-state index in [-0.39, 0.29) is 12.3 Å². The van der Waals surface area contributed by atoms with Crippen LogP contribution < -0.4 is 9.64 Å². The molecular formula is C13H14N2O4. The van der Waals surface area contributed by atoms with Crippen molar-refractivity contribution in [1.29, 1.82) is 0 Å². The third-order valence-corrected chi connectivity index (χ3v) is 2.49. The molecule has 0 aliphatic rings. The van der Waals surface area contributed by atoms with E-state index in [0.29, 0.717) is 11.5 Å². The Balaban J connectivity index is 2.01. The van der Waals surface area contributed by atoms with Crippen molar-refractivity contribution < 1.29 is 19.2 Å². The Hall–Kier alpha value is -2.50. The summed E-state index contributed by atoms with van der Waals surface area (Å²) in [4.78, 5) is 12.6. The molecule has 0 bridgehead atoms. The molecule has 19 heavy (non-hydrogen) atoms. The summed E-state index contributed by atoms with van der Waals surface area (Å²) in [6, 6.07) is 8.89. The van der Waals surface area contributed by atoms with E-state index in [9.17, 15) is 4.79 Å². The molecule has 1 aromatic heterocycles. The minimum Gasteiger partial charge on any atom is -0.485 e. The molecule has 100 valence electrons. The maximum atomic E-state index is 10.6. The molecule has 2 rings (SSSR count). The van der Waals surface area contributed by atoms with E-state index in [0.717, 1.165) is 5.69 Å². The fraction of sp³-hybridized carbons (Fsp3) is 0.231. The van der Waals surface area contributed by atoms with Gasteiger partial charge in [0.15, 0.2) is 11.5 Å². The maximum Gasteiger partial charge on any atom is 0.358 e. The van der Waals surface area contributed by atoms with Gasteiger partial charge in [0.1, 0.15) is 12.4 Å². The Morgan fingerprint density at radius 2 is 2.21 bits per heavy atom. The average Bonchev–Trinajstić information content (AvgIpc) is 2.85. The molecule has 0 spiro atoms. The van der Waals surface area contributed by atoms with Crippen molar-refractivity contribution in [1.82, 2.24) is 5.16 Å². The molecule has 1 heterocycles. The number of carboxylic acids is 1. The van der Waals surface area contributed by atoms with Gasteiger partial charge in [-0.15, -0.1) is 0 Å². The largest absolute Gasteiger partial charge is 0.485 e. The van der Waals surface area contributed by atoms with Gasteiger partial charge >= 0.3 is 5.97 Å². The molecule has 1 aromatic carbocycles. The second-order valence-electron chi connectivity index (χ2n) is 4.16. The van der Waals surface area contributed by atoms with Gasteiger partial charge in [0.25, 0.3) is 0 Å². The highest BCUT2D eigenvalue weighted by molar-refractivity contribution is 5.85. The highest BCUT2D eigenvalue weighted by Crippen LogP contribution is 2.20. The highest BCUT2D eigenvalue weighted by Gasteiger charge is 2.11. The first-order chi connectivity index (χ1) is 9.06. The fourth-order valence-corrected chi connectivity index (χ4v) is 1.49. The van der Waals surface area contributed by atoms with Crippen LogP contribution in [0.1, 0.15) is 16.2 Å². The van der Waals surface area contributed by atoms with Gasteiger partial charge in [0.2, 0.25) is 0 Å². The summed E-state index contributed by atoms with van der Waals surface area (Å²) in [6.07, 6.45) is 0. The zero-order chi connectivity index (χ0) is 13.8. The molecule has 0 fully saturated rings. The van der Waals surface area contributed by atoms with Gasteiger partial charge in [0.05, 0.1) is 0 Å². The molecule has 1 N–H and O–H groups in total. The lowest BCUT2D eigenvalue weighted by atomic mass is 10.3. The summed E-state index contributed by atoms with van der Waals surface area (Å²) in [5.74, 6) is -0.0725. The molecule has 0 aliphatic carbocycles. The third-order valence-electron chi connectivity index (χ3n) is 2.49. The normalized spacial score (nSPS) is 10.2. The van der Waals surface area contributed by atoms with Crippen LogP contribution >= 0.6 is 0 Å². The van der Waals surface area contributed by atoms with Crippen molar-refractivity contribution in [3.05, 3.63) is 41.8 Å². The molecule has 0 saturated carbocycles. The lowest BCUT2D eigenvalue weighted by Gasteiger charge is -2.13. The smallest absolute Gasteiger partial charge is 0.358 e. The van der Waals surface area contributed by atoms with Gasteiger partial charge < -0.3 is 19.3 Å². The van der Waals surface area contributed by atoms with Crippen LogP contribution in [-0.2, 0) is 6.61 Å². The summed E-state index contributed by atoms with van der Waals surface area (Å²) in [6.45, 7) is 0.136. The zero-order valence-corrected chi connectivity index (χ0v) is 10.7. The first-order valence-corrected chi connectivity index (χ1v) is 5.65. The number of carboxylic acid groups (broad SMARTS) is 1. The molecule has 6 heteroatoms. The van der Waals surface area contributed by atoms with Crippen molar-refractivity contribution in [3.8, 4) is 5.75 Å². The number of aromatic nitrogens is 1. The van der Waals surface area contributed by atoms with Gasteiger partial charge in [-0.1, -0.05) is 11.2 Å². The number of benzene rings is 1. The van der Waals surface area contributed by atoms with Gasteiger partial charge in [0, 0.05) is 31.9 Å². The Bertz CT molecular complexity index is 578. The van der Waals surface area contributed by atoms with Crippen molar-refractivity contribution in [2.24, 2.45) is 0 Å². The monoisotopic (exact) mass is 262 g/mol. The van der Waals surface area contributed by atoms with Crippen molar-refractivity contribution in [2.75, 3.05) is 19.0 Å². The fourth-order valence-electron chi connectivity index (χ4n) is 1.49. The van der Waals surface area contributed by atoms with E-state index in [2.05, 4.69) is 5.16 Å². The van der Waals surface area contributed by atoms with Crippen LogP contribution in [0, 0.1) is 0 Å². The number of anilines is 1. The maximum absolute atomic E-state index is 10.6. The van der Waals surface area contributed by atoms with Crippen LogP contribution in [-0.4, -0.2) is 30.3 Å². The number of hydrogen-bond acceptors (Lipinski definition) is 5. The summed E-state index contributed by atoms with van der Waals surface area (Å²) >= 11 is 0. The molecule has 0 radical (unpaired) electrons. The van der Waals surface area contributed by atoms with Crippen LogP contribution in [0.2, 0.25) is 0 Å². The van der Waals surface area contributed by atoms with Crippen LogP contribution in [0.25, 0.3) is 0 Å². The number of hydrogen-bond donors (Lipinski definition) is 1. The van der Waals surface area contributed by atoms with Gasteiger partial charge in [-0.2, -0.15) is 0 Å². The van der Waals surface area contributed by atoms with Crippen LogP contribution in [0.4, 0.5) is 5.69 Å². The number of rotatable bonds is 5. The van der Waals surface area contributed by atoms with E-state index in [4.69, 9.17) is 14.4 Å². The topological polar surface area (TPSA) is 75.8 Å². The number of nitrogens with zero attached hydrogens (tertiary/aromatic N) is 2. The number of carbonyl (C=O) groups is 1. The van der Waals surface area contributed by atoms with E-state index < -0.39 is 5.97 Å². The summed E-state index contributed by atoms with van der Waals surface area (Å²) in [5.41, 5.74) is 0.891. The SMILES string of the molecule is CN(C)c1cccc(OCc2cc(C(=O)O)no2)c1. The summed E-state index contributed by atoms with van der Waals surface area (Å²) in [5, 5.41) is 12.1. The lowest BCUT2D eigenvalue weighted by molar-refractivity contribution is 0.0685. The van der Waals surface area contributed by atoms with E-state index in [1.54, 1.807) is 0 Å². The Morgan fingerprint density at radius 3 is 2.84 bits per heavy atom. The summed E-state index contributed by atoms with van der Waals surface area (Å²) < 4.78 is 10.4. The third kappa shape index (κ3) is 3.25. The van der Waals surface area contributed by atoms with Gasteiger partial charge in [-0.3, -0.25) is 0 Å². The van der Waals surface area contributed by atoms with Crippen LogP contribution in [0.5, 0.6) is 5.75 Å². The zero-order valence-electron chi connectivity index (χ0n) is 10.7. The predicted molar refractivity (Wildman–Crippen MR) is 68.6 cm³/mol. The number of aromatic carboxylic acids is 1. The van der Waals surface area contributed by atoms with Gasteiger partial charge in [-0.05, 0) is 12.1 Å². The Morgan fingerprint density at radius 1 is 1.42 bits per heavy atom. The Kier molecular flexibility index (Phi) is 3.70. The molecule has 0 amide bonds. The average molecular weight is 262 g/mol. The first-order valence-electron chi connectivity index (χ1n) is 5.65. The minimum absolute atomic E-state index is 0.124. The second-order valence-corrected chi connectivity index (χ2v) is 4.16. The minimum atomic E-state index is -1.12. The quantitative estimate of drug-likeness (QED) is 0.888. The molecule has 0 saturated heterocycles. The standard InChI is InChI=1S/C13H14N2O4/c1-15(2)9-4-3-5-10(6-9)18-8-11-7-12(13(16)17)14-19-11/h3-7H,8H2,1-2H3,(H,16,17). The van der Waals surface area contributed by atoms with E-state index in [1.165, 1.54) is 6.07 Å². The number of ether oxygens (including phenoxy) is 1. The highest BCUT2D eigenvalue weighted by atomic mass is 16.5. The second kappa shape index (κ2) is 5.43. The molecule has 0 atom stereocenters. The van der Waals surface area contributed by atoms with Crippen molar-refractivity contribution >= 4 is 11.7 Å². The van der Waals surface area contributed by atoms with E-state index in [1.807, 2.05) is 43.3 Å². The van der Waals surface area contributed by atoms with Crippen LogP contribution in [0.3, 0.4) is 0 Å². The predicted octanol–water partition coefficient (Wildman–Crippen LogP) is 2.02. The molecule has 6 nitrogen and oxygen atoms in total. The van der Waals surface area contributed by atoms with Crippen LogP contribution in [0.15, 0.2) is 34.9 Å². The van der Waals surface area contributed by atoms with Gasteiger partial charge in [-0.25, -0.2) is 4.79 Å².